The van der Waals surface area contributed by atoms with E-state index in [1.807, 2.05) is 0 Å². The van der Waals surface area contributed by atoms with Gasteiger partial charge in [0.2, 0.25) is 0 Å². The molecule has 2 aromatic carbocycles. The van der Waals surface area contributed by atoms with Gasteiger partial charge in [-0.2, -0.15) is 0 Å². The maximum absolute atomic E-state index is 13.5. The smallest absolute Gasteiger partial charge is 0.311 e. The van der Waals surface area contributed by atoms with Gasteiger partial charge < -0.3 is 9.47 Å². The molecule has 0 aromatic heterocycles. The zero-order valence-electron chi connectivity index (χ0n) is 11.6. The zero-order valence-corrected chi connectivity index (χ0v) is 11.6. The first kappa shape index (κ1) is 14.8. The molecule has 0 amide bonds. The number of hydrogen-bond donors (Lipinski definition) is 0. The van der Waals surface area contributed by atoms with Crippen molar-refractivity contribution in [2.45, 2.75) is 13.5 Å². The van der Waals surface area contributed by atoms with Crippen molar-refractivity contribution < 1.29 is 18.8 Å². The molecule has 0 aliphatic carbocycles. The molecular weight excluding hydrogens is 277 g/mol. The molecule has 0 aliphatic rings. The molecule has 2 rings (SSSR count). The first-order valence-electron chi connectivity index (χ1n) is 6.21. The molecule has 0 aliphatic heterocycles. The Morgan fingerprint density at radius 2 is 1.90 bits per heavy atom. The third-order valence-corrected chi connectivity index (χ3v) is 2.92. The van der Waals surface area contributed by atoms with Crippen molar-refractivity contribution in [3.05, 3.63) is 63.5 Å². The van der Waals surface area contributed by atoms with Crippen LogP contribution >= 0.6 is 0 Å². The molecule has 0 N–H and O–H groups in total. The van der Waals surface area contributed by atoms with Gasteiger partial charge in [-0.15, -0.1) is 0 Å². The average Bonchev–Trinajstić information content (AvgIpc) is 2.46. The van der Waals surface area contributed by atoms with E-state index in [4.69, 9.17) is 9.47 Å². The predicted molar refractivity (Wildman–Crippen MR) is 75.1 cm³/mol. The minimum absolute atomic E-state index is 0.0326. The largest absolute Gasteiger partial charge is 0.494 e. The van der Waals surface area contributed by atoms with Gasteiger partial charge in [0.05, 0.1) is 12.0 Å². The monoisotopic (exact) mass is 291 g/mol. The fraction of sp³-hybridized carbons (Fsp3) is 0.200. The summed E-state index contributed by atoms with van der Waals surface area (Å²) in [6.45, 7) is 1.79. The molecule has 0 spiro atoms. The molecule has 0 radical (unpaired) electrons. The third kappa shape index (κ3) is 3.47. The van der Waals surface area contributed by atoms with Gasteiger partial charge in [-0.25, -0.2) is 4.39 Å². The fourth-order valence-electron chi connectivity index (χ4n) is 1.85. The van der Waals surface area contributed by atoms with Crippen molar-refractivity contribution in [2.24, 2.45) is 0 Å². The molecule has 0 saturated carbocycles. The number of aryl methyl sites for hydroxylation is 1. The Morgan fingerprint density at radius 3 is 2.52 bits per heavy atom. The lowest BCUT2D eigenvalue weighted by molar-refractivity contribution is -0.386. The number of nitro groups is 1. The lowest BCUT2D eigenvalue weighted by Gasteiger charge is -2.08. The number of nitro benzene ring substituents is 1. The van der Waals surface area contributed by atoms with Crippen molar-refractivity contribution in [1.82, 2.24) is 0 Å². The molecule has 5 nitrogen and oxygen atoms in total. The van der Waals surface area contributed by atoms with Crippen LogP contribution in [0.2, 0.25) is 0 Å². The molecule has 0 heterocycles. The molecule has 0 unspecified atom stereocenters. The number of benzene rings is 2. The molecule has 2 aromatic rings. The molecule has 21 heavy (non-hydrogen) atoms. The molecule has 0 bridgehead atoms. The van der Waals surface area contributed by atoms with E-state index >= 15 is 0 Å². The maximum atomic E-state index is 13.5. The van der Waals surface area contributed by atoms with E-state index in [0.717, 1.165) is 5.56 Å². The molecule has 0 saturated heterocycles. The molecule has 110 valence electrons. The summed E-state index contributed by atoms with van der Waals surface area (Å²) < 4.78 is 23.8. The number of nitrogens with zero attached hydrogens (tertiary/aromatic N) is 1. The number of methoxy groups -OCH3 is 1. The van der Waals surface area contributed by atoms with Crippen LogP contribution in [0.5, 0.6) is 11.5 Å². The van der Waals surface area contributed by atoms with E-state index in [-0.39, 0.29) is 23.8 Å². The lowest BCUT2D eigenvalue weighted by Crippen LogP contribution is -2.00. The highest BCUT2D eigenvalue weighted by Gasteiger charge is 2.15. The van der Waals surface area contributed by atoms with Crippen LogP contribution in [0.3, 0.4) is 0 Å². The van der Waals surface area contributed by atoms with Crippen LogP contribution in [-0.4, -0.2) is 12.0 Å². The Bertz CT molecular complexity index is 673. The third-order valence-electron chi connectivity index (χ3n) is 2.92. The van der Waals surface area contributed by atoms with Crippen molar-refractivity contribution in [2.75, 3.05) is 7.11 Å². The van der Waals surface area contributed by atoms with E-state index in [0.29, 0.717) is 5.56 Å². The van der Waals surface area contributed by atoms with Gasteiger partial charge >= 0.3 is 5.69 Å². The van der Waals surface area contributed by atoms with E-state index < -0.39 is 10.7 Å². The van der Waals surface area contributed by atoms with E-state index in [1.165, 1.54) is 31.4 Å². The van der Waals surface area contributed by atoms with Crippen LogP contribution in [-0.2, 0) is 6.61 Å². The summed E-state index contributed by atoms with van der Waals surface area (Å²) in [5.41, 5.74) is 1.22. The summed E-state index contributed by atoms with van der Waals surface area (Å²) in [4.78, 5) is 10.5. The Labute approximate surface area is 121 Å². The summed E-state index contributed by atoms with van der Waals surface area (Å²) in [5.74, 6) is -0.209. The van der Waals surface area contributed by atoms with Gasteiger partial charge in [0.25, 0.3) is 0 Å². The number of hydrogen-bond acceptors (Lipinski definition) is 4. The SMILES string of the molecule is COc1ccc(COc2ccc(C)cc2[N+](=O)[O-])cc1F. The van der Waals surface area contributed by atoms with Gasteiger partial charge in [0, 0.05) is 6.07 Å². The van der Waals surface area contributed by atoms with Crippen molar-refractivity contribution in [3.8, 4) is 11.5 Å². The average molecular weight is 291 g/mol. The predicted octanol–water partition coefficient (Wildman–Crippen LogP) is 3.63. The molecule has 6 heteroatoms. The van der Waals surface area contributed by atoms with Gasteiger partial charge in [-0.05, 0) is 36.2 Å². The Balaban J connectivity index is 2.16. The van der Waals surface area contributed by atoms with Crippen LogP contribution in [0.25, 0.3) is 0 Å². The minimum atomic E-state index is -0.503. The number of halogens is 1. The highest BCUT2D eigenvalue weighted by Crippen LogP contribution is 2.28. The summed E-state index contributed by atoms with van der Waals surface area (Å²) in [7, 11) is 1.38. The number of ether oxygens (including phenoxy) is 2. The van der Waals surface area contributed by atoms with Crippen molar-refractivity contribution >= 4 is 5.69 Å². The van der Waals surface area contributed by atoms with Crippen LogP contribution in [0.4, 0.5) is 10.1 Å². The second-order valence-electron chi connectivity index (χ2n) is 4.49. The topological polar surface area (TPSA) is 61.6 Å². The maximum Gasteiger partial charge on any atom is 0.311 e. The van der Waals surface area contributed by atoms with E-state index in [1.54, 1.807) is 19.1 Å². The quantitative estimate of drug-likeness (QED) is 0.623. The zero-order chi connectivity index (χ0) is 15.4. The van der Waals surface area contributed by atoms with Gasteiger partial charge in [-0.3, -0.25) is 10.1 Å². The summed E-state index contributed by atoms with van der Waals surface area (Å²) in [5, 5.41) is 11.0. The lowest BCUT2D eigenvalue weighted by atomic mass is 10.2. The normalized spacial score (nSPS) is 10.2. The second kappa shape index (κ2) is 6.21. The van der Waals surface area contributed by atoms with Crippen LogP contribution in [0.15, 0.2) is 36.4 Å². The second-order valence-corrected chi connectivity index (χ2v) is 4.49. The highest BCUT2D eigenvalue weighted by atomic mass is 19.1. The molecule has 0 atom stereocenters. The van der Waals surface area contributed by atoms with Gasteiger partial charge in [-0.1, -0.05) is 12.1 Å². The summed E-state index contributed by atoms with van der Waals surface area (Å²) in [6, 6.07) is 9.09. The fourth-order valence-corrected chi connectivity index (χ4v) is 1.85. The first-order chi connectivity index (χ1) is 10.0. The first-order valence-corrected chi connectivity index (χ1v) is 6.21. The van der Waals surface area contributed by atoms with E-state index in [2.05, 4.69) is 0 Å². The van der Waals surface area contributed by atoms with Crippen LogP contribution in [0, 0.1) is 22.9 Å². The Hall–Kier alpha value is -2.63. The summed E-state index contributed by atoms with van der Waals surface area (Å²) >= 11 is 0. The van der Waals surface area contributed by atoms with Crippen molar-refractivity contribution in [3.63, 3.8) is 0 Å². The minimum Gasteiger partial charge on any atom is -0.494 e. The van der Waals surface area contributed by atoms with Gasteiger partial charge in [0.1, 0.15) is 6.61 Å². The van der Waals surface area contributed by atoms with Gasteiger partial charge in [0.15, 0.2) is 17.3 Å². The molecule has 0 fully saturated rings. The summed E-state index contributed by atoms with van der Waals surface area (Å²) in [6.07, 6.45) is 0. The molecular formula is C15H14FNO4. The Kier molecular flexibility index (Phi) is 4.37. The van der Waals surface area contributed by atoms with Crippen LogP contribution in [0.1, 0.15) is 11.1 Å². The number of rotatable bonds is 5. The van der Waals surface area contributed by atoms with E-state index in [9.17, 15) is 14.5 Å². The Morgan fingerprint density at radius 1 is 1.19 bits per heavy atom. The standard InChI is InChI=1S/C15H14FNO4/c1-10-3-5-15(13(7-10)17(18)19)21-9-11-4-6-14(20-2)12(16)8-11/h3-8H,9H2,1-2H3. The van der Waals surface area contributed by atoms with Crippen molar-refractivity contribution in [1.29, 1.82) is 0 Å². The highest BCUT2D eigenvalue weighted by molar-refractivity contribution is 5.48. The van der Waals surface area contributed by atoms with Crippen LogP contribution < -0.4 is 9.47 Å².